The van der Waals surface area contributed by atoms with Crippen LogP contribution in [0.25, 0.3) is 5.82 Å². The molecule has 1 aliphatic heterocycles. The van der Waals surface area contributed by atoms with Crippen molar-refractivity contribution in [1.29, 1.82) is 0 Å². The van der Waals surface area contributed by atoms with Crippen LogP contribution < -0.4 is 5.56 Å². The van der Waals surface area contributed by atoms with E-state index in [9.17, 15) is 22.4 Å². The number of H-pyrrole nitrogens is 1. The molecule has 3 heterocycles. The number of nitrogens with zero attached hydrogens (tertiary/aromatic N) is 5. The molecule has 4 rings (SSSR count). The van der Waals surface area contributed by atoms with Gasteiger partial charge in [-0.3, -0.25) is 9.59 Å². The second-order valence-corrected chi connectivity index (χ2v) is 9.14. The Morgan fingerprint density at radius 1 is 1.09 bits per heavy atom. The summed E-state index contributed by atoms with van der Waals surface area (Å²) in [4.78, 5) is 26.0. The largest absolute Gasteiger partial charge is 0.336 e. The van der Waals surface area contributed by atoms with Crippen molar-refractivity contribution in [3.05, 3.63) is 70.0 Å². The van der Waals surface area contributed by atoms with Gasteiger partial charge in [0.05, 0.1) is 22.3 Å². The van der Waals surface area contributed by atoms with Crippen LogP contribution >= 0.6 is 0 Å². The maximum atomic E-state index is 13.1. The van der Waals surface area contributed by atoms with Crippen LogP contribution in [0, 0.1) is 5.82 Å². The van der Waals surface area contributed by atoms with Crippen LogP contribution in [-0.2, 0) is 16.4 Å². The molecule has 0 unspecified atom stereocenters. The lowest BCUT2D eigenvalue weighted by Crippen LogP contribution is -2.50. The third kappa shape index (κ3) is 4.06. The maximum absolute atomic E-state index is 13.1. The summed E-state index contributed by atoms with van der Waals surface area (Å²) in [6.07, 6.45) is 1.95. The minimum Gasteiger partial charge on any atom is -0.336 e. The number of carbonyl (C=O) groups is 1. The molecule has 1 N–H and O–H groups in total. The quantitative estimate of drug-likeness (QED) is 0.601. The van der Waals surface area contributed by atoms with Gasteiger partial charge in [0, 0.05) is 32.2 Å². The standard InChI is InChI=1S/C20H21FN6O4S/c1-2-17-16(13-22-27(17)18-7-8-19(28)24-23-18)20(29)25-9-11-26(12-10-25)32(30,31)15-5-3-14(21)4-6-15/h3-8,13H,2,9-12H2,1H3,(H,24,28). The number of hydrogen-bond donors (Lipinski definition) is 1. The molecule has 12 heteroatoms. The predicted octanol–water partition coefficient (Wildman–Crippen LogP) is 0.804. The first kappa shape index (κ1) is 21.8. The Labute approximate surface area is 183 Å². The summed E-state index contributed by atoms with van der Waals surface area (Å²) < 4.78 is 41.5. The Morgan fingerprint density at radius 3 is 2.38 bits per heavy atom. The number of aromatic amines is 1. The Morgan fingerprint density at radius 2 is 1.78 bits per heavy atom. The lowest BCUT2D eigenvalue weighted by molar-refractivity contribution is 0.0696. The van der Waals surface area contributed by atoms with E-state index in [1.54, 1.807) is 4.90 Å². The van der Waals surface area contributed by atoms with Crippen molar-refractivity contribution < 1.29 is 17.6 Å². The number of aromatic nitrogens is 4. The molecular formula is C20H21FN6O4S. The van der Waals surface area contributed by atoms with E-state index in [4.69, 9.17) is 0 Å². The van der Waals surface area contributed by atoms with Crippen LogP contribution in [0.15, 0.2) is 52.3 Å². The highest BCUT2D eigenvalue weighted by Gasteiger charge is 2.31. The van der Waals surface area contributed by atoms with E-state index in [2.05, 4.69) is 15.3 Å². The first-order chi connectivity index (χ1) is 15.3. The van der Waals surface area contributed by atoms with E-state index in [0.29, 0.717) is 23.5 Å². The number of rotatable bonds is 5. The Balaban J connectivity index is 1.50. The molecule has 3 aromatic rings. The van der Waals surface area contributed by atoms with Crippen molar-refractivity contribution in [3.8, 4) is 5.82 Å². The molecule has 10 nitrogen and oxygen atoms in total. The van der Waals surface area contributed by atoms with Crippen molar-refractivity contribution >= 4 is 15.9 Å². The van der Waals surface area contributed by atoms with Gasteiger partial charge in [-0.25, -0.2) is 22.6 Å². The SMILES string of the molecule is CCc1c(C(=O)N2CCN(S(=O)(=O)c3ccc(F)cc3)CC2)cnn1-c1ccc(=O)[nH]n1. The fourth-order valence-electron chi connectivity index (χ4n) is 3.60. The summed E-state index contributed by atoms with van der Waals surface area (Å²) in [7, 11) is -3.77. The Kier molecular flexibility index (Phi) is 5.89. The molecule has 0 radical (unpaired) electrons. The molecular weight excluding hydrogens is 439 g/mol. The fraction of sp³-hybridized carbons (Fsp3) is 0.300. The third-order valence-electron chi connectivity index (χ3n) is 5.29. The zero-order valence-corrected chi connectivity index (χ0v) is 18.0. The smallest absolute Gasteiger partial charge is 0.264 e. The number of amides is 1. The molecule has 0 spiro atoms. The molecule has 0 saturated carbocycles. The second-order valence-electron chi connectivity index (χ2n) is 7.20. The van der Waals surface area contributed by atoms with Crippen molar-refractivity contribution in [1.82, 2.24) is 29.2 Å². The minimum absolute atomic E-state index is 0.0154. The van der Waals surface area contributed by atoms with Gasteiger partial charge in [0.15, 0.2) is 5.82 Å². The van der Waals surface area contributed by atoms with Gasteiger partial charge < -0.3 is 4.90 Å². The number of sulfonamides is 1. The van der Waals surface area contributed by atoms with Gasteiger partial charge in [-0.05, 0) is 36.8 Å². The average molecular weight is 460 g/mol. The van der Waals surface area contributed by atoms with Gasteiger partial charge >= 0.3 is 0 Å². The normalized spacial score (nSPS) is 15.1. The number of benzene rings is 1. The van der Waals surface area contributed by atoms with Gasteiger partial charge in [0.2, 0.25) is 10.0 Å². The van der Waals surface area contributed by atoms with Crippen molar-refractivity contribution in [2.75, 3.05) is 26.2 Å². The number of carbonyl (C=O) groups excluding carboxylic acids is 1. The summed E-state index contributed by atoms with van der Waals surface area (Å²) >= 11 is 0. The Bertz CT molecular complexity index is 1270. The van der Waals surface area contributed by atoms with Crippen molar-refractivity contribution in [2.24, 2.45) is 0 Å². The highest BCUT2D eigenvalue weighted by Crippen LogP contribution is 2.20. The lowest BCUT2D eigenvalue weighted by Gasteiger charge is -2.34. The highest BCUT2D eigenvalue weighted by molar-refractivity contribution is 7.89. The van der Waals surface area contributed by atoms with Gasteiger partial charge in [0.25, 0.3) is 11.5 Å². The molecule has 2 aromatic heterocycles. The van der Waals surface area contributed by atoms with Gasteiger partial charge in [-0.15, -0.1) is 0 Å². The summed E-state index contributed by atoms with van der Waals surface area (Å²) in [5.74, 6) is -0.379. The molecule has 168 valence electrons. The topological polar surface area (TPSA) is 121 Å². The van der Waals surface area contributed by atoms with Crippen LogP contribution in [0.3, 0.4) is 0 Å². The summed E-state index contributed by atoms with van der Waals surface area (Å²) in [5.41, 5.74) is 0.690. The van der Waals surface area contributed by atoms with Crippen molar-refractivity contribution in [2.45, 2.75) is 18.2 Å². The Hall–Kier alpha value is -3.38. The van der Waals surface area contributed by atoms with Crippen LogP contribution in [0.5, 0.6) is 0 Å². The van der Waals surface area contributed by atoms with Crippen LogP contribution in [0.1, 0.15) is 23.0 Å². The number of piperazine rings is 1. The first-order valence-corrected chi connectivity index (χ1v) is 11.4. The monoisotopic (exact) mass is 460 g/mol. The number of nitrogens with one attached hydrogen (secondary N) is 1. The lowest BCUT2D eigenvalue weighted by atomic mass is 10.1. The van der Waals surface area contributed by atoms with Crippen molar-refractivity contribution in [3.63, 3.8) is 0 Å². The van der Waals surface area contributed by atoms with E-state index in [-0.39, 0.29) is 42.5 Å². The minimum atomic E-state index is -3.77. The zero-order valence-electron chi connectivity index (χ0n) is 17.2. The molecule has 1 aliphatic rings. The van der Waals surface area contributed by atoms with Gasteiger partial charge in [0.1, 0.15) is 5.82 Å². The van der Waals surface area contributed by atoms with E-state index in [1.807, 2.05) is 6.92 Å². The molecule has 32 heavy (non-hydrogen) atoms. The van der Waals surface area contributed by atoms with Gasteiger partial charge in [-0.1, -0.05) is 6.92 Å². The molecule has 1 amide bonds. The molecule has 1 fully saturated rings. The summed E-state index contributed by atoms with van der Waals surface area (Å²) in [5, 5.41) is 10.5. The summed E-state index contributed by atoms with van der Waals surface area (Å²) in [6, 6.07) is 7.51. The van der Waals surface area contributed by atoms with E-state index in [1.165, 1.54) is 39.4 Å². The van der Waals surface area contributed by atoms with Crippen LogP contribution in [-0.4, -0.2) is 69.7 Å². The second kappa shape index (κ2) is 8.63. The van der Waals surface area contributed by atoms with Crippen LogP contribution in [0.2, 0.25) is 0 Å². The molecule has 1 aromatic carbocycles. The number of hydrogen-bond acceptors (Lipinski definition) is 6. The molecule has 1 saturated heterocycles. The highest BCUT2D eigenvalue weighted by atomic mass is 32.2. The van der Waals surface area contributed by atoms with Gasteiger partial charge in [-0.2, -0.15) is 14.5 Å². The van der Waals surface area contributed by atoms with Crippen LogP contribution in [0.4, 0.5) is 4.39 Å². The first-order valence-electron chi connectivity index (χ1n) is 9.99. The summed E-state index contributed by atoms with van der Waals surface area (Å²) in [6.45, 7) is 2.56. The molecule has 0 atom stereocenters. The van der Waals surface area contributed by atoms with E-state index < -0.39 is 15.8 Å². The van der Waals surface area contributed by atoms with E-state index >= 15 is 0 Å². The third-order valence-corrected chi connectivity index (χ3v) is 7.21. The maximum Gasteiger partial charge on any atom is 0.264 e. The molecule has 0 aliphatic carbocycles. The fourth-order valence-corrected chi connectivity index (χ4v) is 5.02. The number of halogens is 1. The molecule has 0 bridgehead atoms. The average Bonchev–Trinajstić information content (AvgIpc) is 3.23. The zero-order chi connectivity index (χ0) is 22.9. The van der Waals surface area contributed by atoms with E-state index in [0.717, 1.165) is 12.1 Å². The predicted molar refractivity (Wildman–Crippen MR) is 112 cm³/mol.